The van der Waals surface area contributed by atoms with Crippen LogP contribution in [0, 0.1) is 0 Å². The zero-order valence-corrected chi connectivity index (χ0v) is 7.41. The van der Waals surface area contributed by atoms with E-state index in [9.17, 15) is 0 Å². The Morgan fingerprint density at radius 3 is 2.90 bits per heavy atom. The van der Waals surface area contributed by atoms with Gasteiger partial charge in [-0.05, 0) is 6.42 Å². The summed E-state index contributed by atoms with van der Waals surface area (Å²) in [4.78, 5) is 4.08. The van der Waals surface area contributed by atoms with Crippen LogP contribution >= 0.6 is 23.7 Å². The molecular formula is C6H11ClN2S. The summed E-state index contributed by atoms with van der Waals surface area (Å²) in [5, 5.41) is 2.99. The highest BCUT2D eigenvalue weighted by molar-refractivity contribution is 7.09. The fraction of sp³-hybridized carbons (Fsp3) is 0.500. The first-order chi connectivity index (χ1) is 4.34. The number of rotatable bonds is 2. The quantitative estimate of drug-likeness (QED) is 0.752. The van der Waals surface area contributed by atoms with Crippen LogP contribution in [0.25, 0.3) is 0 Å². The molecule has 58 valence electrons. The molecule has 1 aromatic rings. The lowest BCUT2D eigenvalue weighted by molar-refractivity contribution is 0.693. The first-order valence-corrected chi connectivity index (χ1v) is 3.87. The van der Waals surface area contributed by atoms with Crippen molar-refractivity contribution < 1.29 is 0 Å². The molecule has 0 saturated carbocycles. The molecule has 1 unspecified atom stereocenters. The third-order valence-corrected chi connectivity index (χ3v) is 2.12. The van der Waals surface area contributed by atoms with Crippen molar-refractivity contribution in [2.45, 2.75) is 19.4 Å². The Balaban J connectivity index is 0.000000810. The van der Waals surface area contributed by atoms with Crippen LogP contribution in [0.1, 0.15) is 24.4 Å². The molecule has 0 aromatic carbocycles. The molecule has 10 heavy (non-hydrogen) atoms. The van der Waals surface area contributed by atoms with Crippen LogP contribution in [0.4, 0.5) is 0 Å². The summed E-state index contributed by atoms with van der Waals surface area (Å²) < 4.78 is 0. The summed E-state index contributed by atoms with van der Waals surface area (Å²) in [5.74, 6) is 0. The van der Waals surface area contributed by atoms with Gasteiger partial charge < -0.3 is 5.73 Å². The first-order valence-electron chi connectivity index (χ1n) is 2.99. The molecule has 0 spiro atoms. The minimum atomic E-state index is 0. The zero-order valence-electron chi connectivity index (χ0n) is 5.78. The van der Waals surface area contributed by atoms with Gasteiger partial charge in [0.05, 0.1) is 6.04 Å². The van der Waals surface area contributed by atoms with Gasteiger partial charge in [-0.2, -0.15) is 0 Å². The van der Waals surface area contributed by atoms with Crippen LogP contribution in [0.15, 0.2) is 11.6 Å². The SMILES string of the molecule is CCC(N)c1nccs1.Cl. The first kappa shape index (κ1) is 9.88. The van der Waals surface area contributed by atoms with Gasteiger partial charge in [-0.3, -0.25) is 0 Å². The molecule has 1 rings (SSSR count). The van der Waals surface area contributed by atoms with Crippen molar-refractivity contribution in [1.29, 1.82) is 0 Å². The van der Waals surface area contributed by atoms with Crippen molar-refractivity contribution in [2.75, 3.05) is 0 Å². The number of nitrogens with two attached hydrogens (primary N) is 1. The third-order valence-electron chi connectivity index (χ3n) is 1.21. The van der Waals surface area contributed by atoms with E-state index in [2.05, 4.69) is 11.9 Å². The van der Waals surface area contributed by atoms with Crippen molar-refractivity contribution in [3.8, 4) is 0 Å². The summed E-state index contributed by atoms with van der Waals surface area (Å²) >= 11 is 1.62. The van der Waals surface area contributed by atoms with E-state index >= 15 is 0 Å². The summed E-state index contributed by atoms with van der Waals surface area (Å²) in [6.45, 7) is 2.06. The number of halogens is 1. The molecule has 4 heteroatoms. The molecule has 0 amide bonds. The molecule has 2 nitrogen and oxygen atoms in total. The largest absolute Gasteiger partial charge is 0.322 e. The maximum absolute atomic E-state index is 5.69. The Morgan fingerprint density at radius 1 is 1.80 bits per heavy atom. The fourth-order valence-corrected chi connectivity index (χ4v) is 1.32. The molecule has 0 bridgehead atoms. The third kappa shape index (κ3) is 2.25. The van der Waals surface area contributed by atoms with E-state index in [0.29, 0.717) is 0 Å². The van der Waals surface area contributed by atoms with Crippen molar-refractivity contribution in [3.63, 3.8) is 0 Å². The number of thiazole rings is 1. The lowest BCUT2D eigenvalue weighted by Crippen LogP contribution is -2.07. The van der Waals surface area contributed by atoms with Gasteiger partial charge in [-0.25, -0.2) is 4.98 Å². The summed E-state index contributed by atoms with van der Waals surface area (Å²) in [6, 6.07) is 0.144. The van der Waals surface area contributed by atoms with Gasteiger partial charge in [-0.15, -0.1) is 23.7 Å². The molecule has 0 fully saturated rings. The zero-order chi connectivity index (χ0) is 6.69. The van der Waals surface area contributed by atoms with E-state index in [1.807, 2.05) is 5.38 Å². The van der Waals surface area contributed by atoms with Gasteiger partial charge in [0, 0.05) is 11.6 Å². The highest BCUT2D eigenvalue weighted by Crippen LogP contribution is 2.14. The lowest BCUT2D eigenvalue weighted by Gasteiger charge is -2.01. The Kier molecular flexibility index (Phi) is 4.60. The molecule has 2 N–H and O–H groups in total. The van der Waals surface area contributed by atoms with Crippen molar-refractivity contribution >= 4 is 23.7 Å². The molecule has 1 aromatic heterocycles. The normalized spacial score (nSPS) is 12.2. The molecule has 0 radical (unpaired) electrons. The highest BCUT2D eigenvalue weighted by Gasteiger charge is 2.03. The van der Waals surface area contributed by atoms with E-state index in [-0.39, 0.29) is 18.4 Å². The van der Waals surface area contributed by atoms with E-state index in [1.54, 1.807) is 17.5 Å². The number of hydrogen-bond donors (Lipinski definition) is 1. The predicted molar refractivity (Wildman–Crippen MR) is 46.6 cm³/mol. The minimum Gasteiger partial charge on any atom is -0.322 e. The lowest BCUT2D eigenvalue weighted by atomic mass is 10.3. The van der Waals surface area contributed by atoms with Crippen LogP contribution in [0.5, 0.6) is 0 Å². The molecule has 0 aliphatic heterocycles. The van der Waals surface area contributed by atoms with Crippen molar-refractivity contribution in [2.24, 2.45) is 5.73 Å². The Labute approximate surface area is 70.9 Å². The van der Waals surface area contributed by atoms with Gasteiger partial charge in [0.15, 0.2) is 0 Å². The Hall–Kier alpha value is -0.120. The Morgan fingerprint density at radius 2 is 2.50 bits per heavy atom. The van der Waals surface area contributed by atoms with Crippen LogP contribution < -0.4 is 5.73 Å². The summed E-state index contributed by atoms with van der Waals surface area (Å²) in [6.07, 6.45) is 2.75. The summed E-state index contributed by atoms with van der Waals surface area (Å²) in [5.41, 5.74) is 5.69. The number of nitrogens with zero attached hydrogens (tertiary/aromatic N) is 1. The molecule has 0 aliphatic rings. The second kappa shape index (κ2) is 4.66. The Bertz CT molecular complexity index is 164. The van der Waals surface area contributed by atoms with Crippen LogP contribution in [-0.4, -0.2) is 4.98 Å². The summed E-state index contributed by atoms with van der Waals surface area (Å²) in [7, 11) is 0. The molecule has 0 saturated heterocycles. The molecular weight excluding hydrogens is 168 g/mol. The van der Waals surface area contributed by atoms with Crippen LogP contribution in [0.3, 0.4) is 0 Å². The monoisotopic (exact) mass is 178 g/mol. The molecule has 0 aliphatic carbocycles. The van der Waals surface area contributed by atoms with Crippen molar-refractivity contribution in [1.82, 2.24) is 4.98 Å². The second-order valence-corrected chi connectivity index (χ2v) is 2.81. The van der Waals surface area contributed by atoms with Crippen molar-refractivity contribution in [3.05, 3.63) is 16.6 Å². The standard InChI is InChI=1S/C6H10N2S.ClH/c1-2-5(7)6-8-3-4-9-6;/h3-5H,2,7H2,1H3;1H. The average molecular weight is 179 g/mol. The number of hydrogen-bond acceptors (Lipinski definition) is 3. The average Bonchev–Trinajstić information content (AvgIpc) is 2.37. The van der Waals surface area contributed by atoms with E-state index < -0.39 is 0 Å². The van der Waals surface area contributed by atoms with E-state index in [1.165, 1.54) is 0 Å². The van der Waals surface area contributed by atoms with E-state index in [0.717, 1.165) is 11.4 Å². The number of aromatic nitrogens is 1. The second-order valence-electron chi connectivity index (χ2n) is 1.89. The fourth-order valence-electron chi connectivity index (χ4n) is 0.592. The van der Waals surface area contributed by atoms with Gasteiger partial charge in [0.25, 0.3) is 0 Å². The minimum absolute atomic E-state index is 0. The molecule has 1 atom stereocenters. The van der Waals surface area contributed by atoms with Gasteiger partial charge in [0.1, 0.15) is 5.01 Å². The van der Waals surface area contributed by atoms with Gasteiger partial charge in [0.2, 0.25) is 0 Å². The highest BCUT2D eigenvalue weighted by atomic mass is 35.5. The maximum atomic E-state index is 5.69. The smallest absolute Gasteiger partial charge is 0.109 e. The van der Waals surface area contributed by atoms with Gasteiger partial charge >= 0.3 is 0 Å². The van der Waals surface area contributed by atoms with Gasteiger partial charge in [-0.1, -0.05) is 6.92 Å². The topological polar surface area (TPSA) is 38.9 Å². The maximum Gasteiger partial charge on any atom is 0.109 e. The van der Waals surface area contributed by atoms with E-state index in [4.69, 9.17) is 5.73 Å². The predicted octanol–water partition coefficient (Wildman–Crippen LogP) is 1.97. The van der Waals surface area contributed by atoms with Crippen LogP contribution in [-0.2, 0) is 0 Å². The molecule has 1 heterocycles. The van der Waals surface area contributed by atoms with Crippen LogP contribution in [0.2, 0.25) is 0 Å².